The van der Waals surface area contributed by atoms with Gasteiger partial charge in [-0.1, -0.05) is 0 Å². The zero-order valence-electron chi connectivity index (χ0n) is 8.91. The summed E-state index contributed by atoms with van der Waals surface area (Å²) in [4.78, 5) is 31.4. The van der Waals surface area contributed by atoms with Gasteiger partial charge in [-0.2, -0.15) is 0 Å². The van der Waals surface area contributed by atoms with Crippen molar-refractivity contribution in [1.29, 1.82) is 0 Å². The fourth-order valence-corrected chi connectivity index (χ4v) is 0.915. The van der Waals surface area contributed by atoms with Gasteiger partial charge in [0.15, 0.2) is 0 Å². The van der Waals surface area contributed by atoms with Gasteiger partial charge >= 0.3 is 29.6 Å². The maximum Gasteiger partial charge on any atom is 1.00 e. The largest absolute Gasteiger partial charge is 1.00 e. The van der Waals surface area contributed by atoms with Crippen molar-refractivity contribution in [3.8, 4) is 0 Å². The molecule has 0 bridgehead atoms. The summed E-state index contributed by atoms with van der Waals surface area (Å²) >= 11 is 0. The molecule has 2 amide bonds. The summed E-state index contributed by atoms with van der Waals surface area (Å²) in [5.74, 6) is -2.22. The Morgan fingerprint density at radius 3 is 2.27 bits per heavy atom. The molecule has 0 aromatic rings. The van der Waals surface area contributed by atoms with Gasteiger partial charge in [0.25, 0.3) is 0 Å². The Balaban J connectivity index is 0. The fraction of sp³-hybridized carbons (Fsp3) is 0.625. The van der Waals surface area contributed by atoms with Crippen LogP contribution in [0.3, 0.4) is 0 Å². The average Bonchev–Trinajstić information content (AvgIpc) is 1.98. The van der Waals surface area contributed by atoms with E-state index in [0.717, 1.165) is 0 Å². The van der Waals surface area contributed by atoms with Crippen molar-refractivity contribution in [2.45, 2.75) is 32.2 Å². The second-order valence-electron chi connectivity index (χ2n) is 3.01. The molecule has 1 unspecified atom stereocenters. The van der Waals surface area contributed by atoms with Crippen molar-refractivity contribution in [3.05, 3.63) is 0 Å². The van der Waals surface area contributed by atoms with Gasteiger partial charge in [0, 0.05) is 24.9 Å². The predicted molar refractivity (Wildman–Crippen MR) is 45.7 cm³/mol. The van der Waals surface area contributed by atoms with Crippen LogP contribution in [0.25, 0.3) is 0 Å². The molecule has 0 rings (SSSR count). The van der Waals surface area contributed by atoms with Crippen LogP contribution in [0.2, 0.25) is 0 Å². The molecule has 0 aliphatic rings. The molecule has 0 aromatic carbocycles. The molecule has 0 heterocycles. The Morgan fingerprint density at radius 1 is 1.33 bits per heavy atom. The van der Waals surface area contributed by atoms with E-state index in [1.54, 1.807) is 6.92 Å². The SMILES string of the molecule is CC(CC(N)=O)NC(=O)CCC(=O)[O-].[Na+]. The van der Waals surface area contributed by atoms with Gasteiger partial charge in [-0.15, -0.1) is 0 Å². The van der Waals surface area contributed by atoms with Crippen LogP contribution < -0.4 is 45.7 Å². The summed E-state index contributed by atoms with van der Waals surface area (Å²) in [5.41, 5.74) is 4.90. The number of carbonyl (C=O) groups excluding carboxylic acids is 3. The minimum atomic E-state index is -1.28. The number of carboxylic acids is 1. The number of amides is 2. The van der Waals surface area contributed by atoms with Gasteiger partial charge in [0.05, 0.1) is 0 Å². The number of nitrogens with one attached hydrogen (secondary N) is 1. The van der Waals surface area contributed by atoms with Crippen LogP contribution in [0.1, 0.15) is 26.2 Å². The smallest absolute Gasteiger partial charge is 0.550 e. The first kappa shape index (κ1) is 16.8. The van der Waals surface area contributed by atoms with Gasteiger partial charge < -0.3 is 21.0 Å². The van der Waals surface area contributed by atoms with Crippen molar-refractivity contribution in [3.63, 3.8) is 0 Å². The number of nitrogens with two attached hydrogens (primary N) is 1. The van der Waals surface area contributed by atoms with E-state index in [2.05, 4.69) is 5.32 Å². The topological polar surface area (TPSA) is 112 Å². The first-order valence-corrected chi connectivity index (χ1v) is 4.19. The number of aliphatic carboxylic acids is 1. The molecular formula is C8H13N2NaO4. The van der Waals surface area contributed by atoms with Crippen LogP contribution in [0.5, 0.6) is 0 Å². The van der Waals surface area contributed by atoms with Gasteiger partial charge in [-0.05, 0) is 13.3 Å². The molecule has 0 aromatic heterocycles. The average molecular weight is 224 g/mol. The van der Waals surface area contributed by atoms with Crippen molar-refractivity contribution < 1.29 is 49.0 Å². The molecule has 0 aliphatic carbocycles. The Bertz CT molecular complexity index is 245. The van der Waals surface area contributed by atoms with E-state index in [1.807, 2.05) is 0 Å². The van der Waals surface area contributed by atoms with E-state index in [-0.39, 0.29) is 54.9 Å². The molecule has 1 atom stereocenters. The Kier molecular flexibility index (Phi) is 9.76. The van der Waals surface area contributed by atoms with Crippen LogP contribution in [0.15, 0.2) is 0 Å². The molecule has 6 nitrogen and oxygen atoms in total. The van der Waals surface area contributed by atoms with E-state index < -0.39 is 17.8 Å². The second kappa shape index (κ2) is 8.70. The zero-order chi connectivity index (χ0) is 11.1. The third-order valence-corrected chi connectivity index (χ3v) is 1.47. The molecule has 15 heavy (non-hydrogen) atoms. The van der Waals surface area contributed by atoms with Gasteiger partial charge in [-0.3, -0.25) is 9.59 Å². The minimum absolute atomic E-state index is 0. The third kappa shape index (κ3) is 11.3. The van der Waals surface area contributed by atoms with E-state index in [1.165, 1.54) is 0 Å². The monoisotopic (exact) mass is 224 g/mol. The van der Waals surface area contributed by atoms with Gasteiger partial charge in [-0.25, -0.2) is 0 Å². The molecule has 80 valence electrons. The molecule has 0 saturated carbocycles. The summed E-state index contributed by atoms with van der Waals surface area (Å²) < 4.78 is 0. The summed E-state index contributed by atoms with van der Waals surface area (Å²) in [5, 5.41) is 12.4. The number of carboxylic acid groups (broad SMARTS) is 1. The molecule has 0 radical (unpaired) electrons. The maximum absolute atomic E-state index is 11.0. The molecule has 7 heteroatoms. The van der Waals surface area contributed by atoms with Crippen LogP contribution in [0.4, 0.5) is 0 Å². The van der Waals surface area contributed by atoms with Crippen molar-refractivity contribution in [2.24, 2.45) is 5.73 Å². The minimum Gasteiger partial charge on any atom is -0.550 e. The van der Waals surface area contributed by atoms with Crippen LogP contribution in [0, 0.1) is 0 Å². The number of primary amides is 1. The standard InChI is InChI=1S/C8H14N2O4.Na/c1-5(4-6(9)11)10-7(12)2-3-8(13)14;/h5H,2-4H2,1H3,(H2,9,11)(H,10,12)(H,13,14);/q;+1/p-1. The summed E-state index contributed by atoms with van der Waals surface area (Å²) in [6.45, 7) is 1.61. The quantitative estimate of drug-likeness (QED) is 0.439. The predicted octanol–water partition coefficient (Wildman–Crippen LogP) is -5.10. The summed E-state index contributed by atoms with van der Waals surface area (Å²) in [6.07, 6.45) is -0.433. The van der Waals surface area contributed by atoms with E-state index in [4.69, 9.17) is 5.73 Å². The van der Waals surface area contributed by atoms with Crippen molar-refractivity contribution >= 4 is 17.8 Å². The zero-order valence-corrected chi connectivity index (χ0v) is 10.9. The van der Waals surface area contributed by atoms with Crippen LogP contribution in [-0.2, 0) is 14.4 Å². The molecule has 0 fully saturated rings. The number of carbonyl (C=O) groups is 3. The fourth-order valence-electron chi connectivity index (χ4n) is 0.915. The van der Waals surface area contributed by atoms with Crippen LogP contribution >= 0.6 is 0 Å². The first-order chi connectivity index (χ1) is 6.41. The maximum atomic E-state index is 11.0. The molecule has 0 aliphatic heterocycles. The third-order valence-electron chi connectivity index (χ3n) is 1.47. The van der Waals surface area contributed by atoms with Crippen molar-refractivity contribution in [1.82, 2.24) is 5.32 Å². The van der Waals surface area contributed by atoms with E-state index >= 15 is 0 Å². The van der Waals surface area contributed by atoms with Crippen molar-refractivity contribution in [2.75, 3.05) is 0 Å². The molecular weight excluding hydrogens is 211 g/mol. The normalized spacial score (nSPS) is 11.0. The van der Waals surface area contributed by atoms with E-state index in [0.29, 0.717) is 0 Å². The van der Waals surface area contributed by atoms with Gasteiger partial charge in [0.2, 0.25) is 11.8 Å². The Morgan fingerprint density at radius 2 is 1.87 bits per heavy atom. The summed E-state index contributed by atoms with van der Waals surface area (Å²) in [7, 11) is 0. The number of hydrogen-bond donors (Lipinski definition) is 2. The van der Waals surface area contributed by atoms with E-state index in [9.17, 15) is 19.5 Å². The van der Waals surface area contributed by atoms with Gasteiger partial charge in [0.1, 0.15) is 0 Å². The Labute approximate surface area is 110 Å². The molecule has 0 saturated heterocycles. The second-order valence-corrected chi connectivity index (χ2v) is 3.01. The molecule has 0 spiro atoms. The first-order valence-electron chi connectivity index (χ1n) is 4.19. The Hall–Kier alpha value is -0.590. The number of rotatable bonds is 6. The number of hydrogen-bond acceptors (Lipinski definition) is 4. The molecule has 3 N–H and O–H groups in total. The van der Waals surface area contributed by atoms with Crippen LogP contribution in [-0.4, -0.2) is 23.8 Å². The summed E-state index contributed by atoms with van der Waals surface area (Å²) in [6, 6.07) is -0.373.